The van der Waals surface area contributed by atoms with E-state index in [0.29, 0.717) is 12.7 Å². The molecule has 0 amide bonds. The molecule has 0 aromatic rings. The Hall–Kier alpha value is -0.606. The van der Waals surface area contributed by atoms with E-state index in [9.17, 15) is 0 Å². The molecular formula is C23H42O2Si2. The molecule has 1 aliphatic rings. The van der Waals surface area contributed by atoms with Gasteiger partial charge in [0.15, 0.2) is 16.6 Å². The highest BCUT2D eigenvalue weighted by Gasteiger charge is 2.40. The van der Waals surface area contributed by atoms with Crippen LogP contribution in [-0.4, -0.2) is 29.3 Å². The Morgan fingerprint density at radius 2 is 1.59 bits per heavy atom. The van der Waals surface area contributed by atoms with Crippen LogP contribution in [0.2, 0.25) is 36.3 Å². The van der Waals surface area contributed by atoms with E-state index in [4.69, 9.17) is 8.85 Å². The van der Waals surface area contributed by atoms with Crippen LogP contribution in [-0.2, 0) is 8.85 Å². The Kier molecular flexibility index (Phi) is 7.98. The molecule has 0 N–H and O–H groups in total. The lowest BCUT2D eigenvalue weighted by Gasteiger charge is -2.41. The van der Waals surface area contributed by atoms with Crippen molar-refractivity contribution in [2.45, 2.75) is 103 Å². The molecule has 154 valence electrons. The van der Waals surface area contributed by atoms with Crippen LogP contribution < -0.4 is 0 Å². The third-order valence-corrected chi connectivity index (χ3v) is 15.6. The summed E-state index contributed by atoms with van der Waals surface area (Å²) in [5.74, 6) is 6.38. The van der Waals surface area contributed by atoms with Gasteiger partial charge in [0.05, 0.1) is 6.61 Å². The third-order valence-electron chi connectivity index (χ3n) is 6.60. The molecule has 0 heterocycles. The van der Waals surface area contributed by atoms with Crippen LogP contribution in [0.5, 0.6) is 0 Å². The molecule has 0 aliphatic heterocycles. The predicted octanol–water partition coefficient (Wildman–Crippen LogP) is 7.07. The summed E-state index contributed by atoms with van der Waals surface area (Å²) in [6, 6.07) is 0. The Balaban J connectivity index is 2.70. The average molecular weight is 407 g/mol. The second-order valence-corrected chi connectivity index (χ2v) is 20.5. The van der Waals surface area contributed by atoms with E-state index in [1.807, 2.05) is 6.08 Å². The highest BCUT2D eigenvalue weighted by molar-refractivity contribution is 6.74. The Morgan fingerprint density at radius 1 is 1.04 bits per heavy atom. The zero-order chi connectivity index (χ0) is 21.1. The topological polar surface area (TPSA) is 18.5 Å². The standard InChI is InChI=1S/C23H42O2Si2/c1-19-15-16-21(25-27(10,11)23(5,6)7)18-20(19)14-12-13-17-24-26(8,9)22(2,3)4/h14,21H,1,15-18H2,2-11H3/b20-14+. The molecule has 0 saturated heterocycles. The summed E-state index contributed by atoms with van der Waals surface area (Å²) in [6.45, 7) is 27.6. The average Bonchev–Trinajstić information content (AvgIpc) is 2.47. The van der Waals surface area contributed by atoms with Crippen LogP contribution >= 0.6 is 0 Å². The van der Waals surface area contributed by atoms with E-state index in [1.54, 1.807) is 0 Å². The van der Waals surface area contributed by atoms with Gasteiger partial charge in [0.25, 0.3) is 0 Å². The first kappa shape index (κ1) is 24.4. The molecule has 0 aromatic heterocycles. The molecule has 1 rings (SSSR count). The minimum absolute atomic E-state index is 0.221. The third kappa shape index (κ3) is 7.05. The fraction of sp³-hybridized carbons (Fsp3) is 0.739. The molecule has 2 nitrogen and oxygen atoms in total. The Morgan fingerprint density at radius 3 is 2.11 bits per heavy atom. The Labute approximate surface area is 171 Å². The number of hydrogen-bond acceptors (Lipinski definition) is 2. The molecular weight excluding hydrogens is 364 g/mol. The van der Waals surface area contributed by atoms with E-state index < -0.39 is 16.6 Å². The normalized spacial score (nSPS) is 21.2. The lowest BCUT2D eigenvalue weighted by molar-refractivity contribution is 0.164. The van der Waals surface area contributed by atoms with Crippen molar-refractivity contribution in [1.29, 1.82) is 0 Å². The van der Waals surface area contributed by atoms with Crippen molar-refractivity contribution in [2.75, 3.05) is 6.61 Å². The zero-order valence-electron chi connectivity index (χ0n) is 19.5. The van der Waals surface area contributed by atoms with Crippen LogP contribution in [0.3, 0.4) is 0 Å². The maximum atomic E-state index is 6.62. The molecule has 0 spiro atoms. The minimum atomic E-state index is -1.74. The summed E-state index contributed by atoms with van der Waals surface area (Å²) in [6.07, 6.45) is 5.35. The van der Waals surface area contributed by atoms with Gasteiger partial charge in [-0.1, -0.05) is 65.5 Å². The van der Waals surface area contributed by atoms with Gasteiger partial charge >= 0.3 is 0 Å². The lowest BCUT2D eigenvalue weighted by atomic mass is 9.88. The molecule has 0 bridgehead atoms. The molecule has 1 fully saturated rings. The zero-order valence-corrected chi connectivity index (χ0v) is 21.5. The molecule has 27 heavy (non-hydrogen) atoms. The van der Waals surface area contributed by atoms with Crippen molar-refractivity contribution in [3.8, 4) is 11.8 Å². The number of allylic oxidation sites excluding steroid dienone is 2. The fourth-order valence-electron chi connectivity index (χ4n) is 2.46. The van der Waals surface area contributed by atoms with Gasteiger partial charge in [0.1, 0.15) is 0 Å². The van der Waals surface area contributed by atoms with Crippen LogP contribution in [0.25, 0.3) is 0 Å². The SMILES string of the molecule is C=C1CCC(O[Si](C)(C)C(C)(C)C)C/C1=C\C#CCO[Si](C)(C)C(C)(C)C. The second kappa shape index (κ2) is 8.82. The van der Waals surface area contributed by atoms with Crippen molar-refractivity contribution < 1.29 is 8.85 Å². The van der Waals surface area contributed by atoms with Crippen molar-refractivity contribution in [3.63, 3.8) is 0 Å². The van der Waals surface area contributed by atoms with E-state index in [-0.39, 0.29) is 10.1 Å². The van der Waals surface area contributed by atoms with Gasteiger partial charge in [0, 0.05) is 6.10 Å². The fourth-order valence-corrected chi connectivity index (χ4v) is 4.71. The summed E-state index contributed by atoms with van der Waals surface area (Å²) in [4.78, 5) is 0. The van der Waals surface area contributed by atoms with Gasteiger partial charge in [-0.15, -0.1) is 0 Å². The van der Waals surface area contributed by atoms with E-state index in [0.717, 1.165) is 19.3 Å². The number of hydrogen-bond donors (Lipinski definition) is 0. The molecule has 4 heteroatoms. The molecule has 1 aliphatic carbocycles. The van der Waals surface area contributed by atoms with Gasteiger partial charge < -0.3 is 8.85 Å². The molecule has 1 saturated carbocycles. The van der Waals surface area contributed by atoms with Crippen LogP contribution in [0, 0.1) is 11.8 Å². The maximum Gasteiger partial charge on any atom is 0.193 e. The van der Waals surface area contributed by atoms with Crippen molar-refractivity contribution in [3.05, 3.63) is 23.8 Å². The van der Waals surface area contributed by atoms with E-state index in [2.05, 4.69) is 86.2 Å². The molecule has 1 atom stereocenters. The van der Waals surface area contributed by atoms with Crippen molar-refractivity contribution in [1.82, 2.24) is 0 Å². The van der Waals surface area contributed by atoms with E-state index >= 15 is 0 Å². The largest absolute Gasteiger partial charge is 0.414 e. The molecule has 0 aromatic carbocycles. The first-order chi connectivity index (χ1) is 12.1. The van der Waals surface area contributed by atoms with Crippen LogP contribution in [0.4, 0.5) is 0 Å². The summed E-state index contributed by atoms with van der Waals surface area (Å²) in [7, 11) is -3.45. The smallest absolute Gasteiger partial charge is 0.193 e. The summed E-state index contributed by atoms with van der Waals surface area (Å²) in [5.41, 5.74) is 2.47. The summed E-state index contributed by atoms with van der Waals surface area (Å²) >= 11 is 0. The van der Waals surface area contributed by atoms with Crippen LogP contribution in [0.1, 0.15) is 60.8 Å². The van der Waals surface area contributed by atoms with Gasteiger partial charge in [-0.2, -0.15) is 0 Å². The first-order valence-corrected chi connectivity index (χ1v) is 16.1. The second-order valence-electron chi connectivity index (χ2n) is 10.9. The summed E-state index contributed by atoms with van der Waals surface area (Å²) < 4.78 is 12.8. The molecule has 0 radical (unpaired) electrons. The number of rotatable bonds is 4. The van der Waals surface area contributed by atoms with Gasteiger partial charge in [0.2, 0.25) is 0 Å². The van der Waals surface area contributed by atoms with Gasteiger partial charge in [-0.3, -0.25) is 0 Å². The van der Waals surface area contributed by atoms with Crippen LogP contribution in [0.15, 0.2) is 23.8 Å². The highest BCUT2D eigenvalue weighted by atomic mass is 28.4. The lowest BCUT2D eigenvalue weighted by Crippen LogP contribution is -2.44. The minimum Gasteiger partial charge on any atom is -0.414 e. The van der Waals surface area contributed by atoms with Gasteiger partial charge in [-0.25, -0.2) is 0 Å². The molecule has 1 unspecified atom stereocenters. The van der Waals surface area contributed by atoms with Crippen molar-refractivity contribution >= 4 is 16.6 Å². The van der Waals surface area contributed by atoms with Crippen molar-refractivity contribution in [2.24, 2.45) is 0 Å². The maximum absolute atomic E-state index is 6.62. The quantitative estimate of drug-likeness (QED) is 0.367. The highest BCUT2D eigenvalue weighted by Crippen LogP contribution is 2.40. The van der Waals surface area contributed by atoms with E-state index in [1.165, 1.54) is 11.1 Å². The predicted molar refractivity (Wildman–Crippen MR) is 124 cm³/mol. The first-order valence-electron chi connectivity index (χ1n) is 10.2. The monoisotopic (exact) mass is 406 g/mol. The Bertz CT molecular complexity index is 619. The van der Waals surface area contributed by atoms with Gasteiger partial charge in [-0.05, 0) is 67.2 Å². The summed E-state index contributed by atoms with van der Waals surface area (Å²) in [5, 5.41) is 0.464.